The fourth-order valence-corrected chi connectivity index (χ4v) is 2.15. The zero-order chi connectivity index (χ0) is 13.2. The number of tetrazole rings is 1. The molecule has 19 heavy (non-hydrogen) atoms. The lowest BCUT2D eigenvalue weighted by Crippen LogP contribution is -2.10. The van der Waals surface area contributed by atoms with E-state index in [1.54, 1.807) is 6.07 Å². The minimum Gasteiger partial charge on any atom is -0.362 e. The summed E-state index contributed by atoms with van der Waals surface area (Å²) in [5.41, 5.74) is 1.62. The van der Waals surface area contributed by atoms with Gasteiger partial charge in [0.15, 0.2) is 5.65 Å². The second-order valence-electron chi connectivity index (χ2n) is 4.13. The van der Waals surface area contributed by atoms with Gasteiger partial charge in [0.25, 0.3) is 0 Å². The number of fused-ring (bicyclic) bond motifs is 1. The second-order valence-corrected chi connectivity index (χ2v) is 4.54. The molecule has 2 heterocycles. The van der Waals surface area contributed by atoms with Gasteiger partial charge in [0.1, 0.15) is 5.82 Å². The Morgan fingerprint density at radius 1 is 1.21 bits per heavy atom. The summed E-state index contributed by atoms with van der Waals surface area (Å²) in [5.74, 6) is 0.687. The average molecular weight is 275 g/mol. The molecule has 96 valence electrons. The van der Waals surface area contributed by atoms with Gasteiger partial charge in [0.2, 0.25) is 0 Å². The molecule has 6 nitrogen and oxygen atoms in total. The molecular weight excluding hydrogens is 264 g/mol. The number of benzene rings is 1. The number of nitrogens with one attached hydrogen (secondary N) is 1. The van der Waals surface area contributed by atoms with Crippen LogP contribution in [0.25, 0.3) is 5.65 Å². The van der Waals surface area contributed by atoms with Crippen molar-refractivity contribution in [2.75, 3.05) is 5.32 Å². The van der Waals surface area contributed by atoms with Crippen molar-refractivity contribution < 1.29 is 0 Å². The van der Waals surface area contributed by atoms with Crippen LogP contribution in [-0.4, -0.2) is 25.3 Å². The lowest BCUT2D eigenvalue weighted by molar-refractivity contribution is 0.728. The molecule has 0 saturated heterocycles. The zero-order valence-electron chi connectivity index (χ0n) is 10.2. The van der Waals surface area contributed by atoms with Crippen LogP contribution in [0.4, 0.5) is 5.82 Å². The van der Waals surface area contributed by atoms with Crippen LogP contribution in [0.1, 0.15) is 18.5 Å². The summed E-state index contributed by atoms with van der Waals surface area (Å²) in [7, 11) is 0. The topological polar surface area (TPSA) is 68.0 Å². The Morgan fingerprint density at radius 3 is 2.89 bits per heavy atom. The summed E-state index contributed by atoms with van der Waals surface area (Å²) in [4.78, 5) is 0. The van der Waals surface area contributed by atoms with Crippen LogP contribution in [0.2, 0.25) is 5.02 Å². The molecule has 0 aliphatic carbocycles. The van der Waals surface area contributed by atoms with Gasteiger partial charge in [-0.1, -0.05) is 29.8 Å². The lowest BCUT2D eigenvalue weighted by atomic mass is 10.1. The van der Waals surface area contributed by atoms with Gasteiger partial charge in [-0.25, -0.2) is 0 Å². The van der Waals surface area contributed by atoms with Crippen LogP contribution < -0.4 is 5.32 Å². The number of aromatic nitrogens is 5. The van der Waals surface area contributed by atoms with E-state index in [4.69, 9.17) is 11.6 Å². The molecule has 7 heteroatoms. The summed E-state index contributed by atoms with van der Waals surface area (Å²) >= 11 is 6.16. The van der Waals surface area contributed by atoms with E-state index in [0.29, 0.717) is 11.5 Å². The number of rotatable bonds is 3. The minimum atomic E-state index is 0.0372. The minimum absolute atomic E-state index is 0.0372. The highest BCUT2D eigenvalue weighted by Crippen LogP contribution is 2.24. The monoisotopic (exact) mass is 274 g/mol. The second kappa shape index (κ2) is 4.81. The van der Waals surface area contributed by atoms with Gasteiger partial charge in [0, 0.05) is 5.02 Å². The van der Waals surface area contributed by atoms with Crippen molar-refractivity contribution in [3.63, 3.8) is 0 Å². The SMILES string of the molecule is C[C@@H](Nc1ccc2nnnn2n1)c1ccccc1Cl. The largest absolute Gasteiger partial charge is 0.362 e. The van der Waals surface area contributed by atoms with Crippen molar-refractivity contribution in [2.24, 2.45) is 0 Å². The smallest absolute Gasteiger partial charge is 0.200 e. The van der Waals surface area contributed by atoms with E-state index in [0.717, 1.165) is 10.6 Å². The Balaban J connectivity index is 1.86. The van der Waals surface area contributed by atoms with Crippen molar-refractivity contribution >= 4 is 23.1 Å². The van der Waals surface area contributed by atoms with Crippen LogP contribution in [-0.2, 0) is 0 Å². The average Bonchev–Trinajstić information content (AvgIpc) is 2.86. The standard InChI is InChI=1S/C12H11ClN6/c1-8(9-4-2-3-5-10(9)13)14-11-6-7-12-15-17-18-19(12)16-11/h2-8H,1H3,(H,14,16)/t8-/m1/s1. The molecule has 1 atom stereocenters. The van der Waals surface area contributed by atoms with Gasteiger partial charge in [0.05, 0.1) is 6.04 Å². The van der Waals surface area contributed by atoms with Crippen LogP contribution in [0, 0.1) is 0 Å². The molecule has 3 rings (SSSR count). The first-order valence-corrected chi connectivity index (χ1v) is 6.18. The molecule has 0 bridgehead atoms. The maximum Gasteiger partial charge on any atom is 0.200 e. The first kappa shape index (κ1) is 11.9. The van der Waals surface area contributed by atoms with Crippen LogP contribution in [0.5, 0.6) is 0 Å². The third kappa shape index (κ3) is 2.34. The Bertz CT molecular complexity index is 710. The van der Waals surface area contributed by atoms with Gasteiger partial charge < -0.3 is 5.32 Å². The van der Waals surface area contributed by atoms with Gasteiger partial charge in [-0.15, -0.1) is 14.8 Å². The summed E-state index contributed by atoms with van der Waals surface area (Å²) in [6.45, 7) is 2.02. The van der Waals surface area contributed by atoms with E-state index in [-0.39, 0.29) is 6.04 Å². The van der Waals surface area contributed by atoms with Gasteiger partial charge in [-0.2, -0.15) is 0 Å². The van der Waals surface area contributed by atoms with E-state index in [1.165, 1.54) is 4.63 Å². The molecular formula is C12H11ClN6. The molecule has 0 aliphatic heterocycles. The van der Waals surface area contributed by atoms with Crippen molar-refractivity contribution in [2.45, 2.75) is 13.0 Å². The number of hydrogen-bond acceptors (Lipinski definition) is 5. The fraction of sp³-hybridized carbons (Fsp3) is 0.167. The van der Waals surface area contributed by atoms with Crippen LogP contribution in [0.15, 0.2) is 36.4 Å². The predicted molar refractivity (Wildman–Crippen MR) is 72.1 cm³/mol. The summed E-state index contributed by atoms with van der Waals surface area (Å²) in [6, 6.07) is 11.4. The third-order valence-electron chi connectivity index (χ3n) is 2.81. The number of nitrogens with zero attached hydrogens (tertiary/aromatic N) is 5. The van der Waals surface area contributed by atoms with Crippen molar-refractivity contribution in [1.29, 1.82) is 0 Å². The number of halogens is 1. The molecule has 0 saturated carbocycles. The Labute approximate surface area is 114 Å². The highest BCUT2D eigenvalue weighted by Gasteiger charge is 2.10. The highest BCUT2D eigenvalue weighted by molar-refractivity contribution is 6.31. The highest BCUT2D eigenvalue weighted by atomic mass is 35.5. The summed E-state index contributed by atoms with van der Waals surface area (Å²) in [6.07, 6.45) is 0. The first-order chi connectivity index (χ1) is 9.24. The van der Waals surface area contributed by atoms with E-state index >= 15 is 0 Å². The van der Waals surface area contributed by atoms with E-state index in [2.05, 4.69) is 25.9 Å². The van der Waals surface area contributed by atoms with Crippen LogP contribution in [0.3, 0.4) is 0 Å². The Kier molecular flexibility index (Phi) is 3.00. The lowest BCUT2D eigenvalue weighted by Gasteiger charge is -2.15. The van der Waals surface area contributed by atoms with Crippen LogP contribution >= 0.6 is 11.6 Å². The normalized spacial score (nSPS) is 12.5. The molecule has 0 aliphatic rings. The number of hydrogen-bond donors (Lipinski definition) is 1. The molecule has 0 amide bonds. The summed E-state index contributed by atoms with van der Waals surface area (Å²) < 4.78 is 1.38. The quantitative estimate of drug-likeness (QED) is 0.794. The van der Waals surface area contributed by atoms with Crippen molar-refractivity contribution in [1.82, 2.24) is 25.3 Å². The molecule has 0 unspecified atom stereocenters. The van der Waals surface area contributed by atoms with Crippen molar-refractivity contribution in [3.05, 3.63) is 47.0 Å². The molecule has 0 radical (unpaired) electrons. The molecule has 0 fully saturated rings. The first-order valence-electron chi connectivity index (χ1n) is 5.80. The molecule has 0 spiro atoms. The Morgan fingerprint density at radius 2 is 2.05 bits per heavy atom. The predicted octanol–water partition coefficient (Wildman–Crippen LogP) is 2.35. The van der Waals surface area contributed by atoms with Gasteiger partial charge >= 0.3 is 0 Å². The van der Waals surface area contributed by atoms with E-state index in [9.17, 15) is 0 Å². The molecule has 3 aromatic rings. The third-order valence-corrected chi connectivity index (χ3v) is 3.15. The molecule has 1 N–H and O–H groups in total. The van der Waals surface area contributed by atoms with E-state index in [1.807, 2.05) is 37.3 Å². The summed E-state index contributed by atoms with van der Waals surface area (Å²) in [5, 5.41) is 19.4. The van der Waals surface area contributed by atoms with E-state index < -0.39 is 0 Å². The molecule has 2 aromatic heterocycles. The zero-order valence-corrected chi connectivity index (χ0v) is 10.9. The molecule has 1 aromatic carbocycles. The van der Waals surface area contributed by atoms with Crippen molar-refractivity contribution in [3.8, 4) is 0 Å². The Hall–Kier alpha value is -2.21. The fourth-order valence-electron chi connectivity index (χ4n) is 1.85. The van der Waals surface area contributed by atoms with Gasteiger partial charge in [-0.3, -0.25) is 0 Å². The maximum absolute atomic E-state index is 6.16. The number of anilines is 1. The maximum atomic E-state index is 6.16. The van der Waals surface area contributed by atoms with Gasteiger partial charge in [-0.05, 0) is 41.1 Å².